The fraction of sp³-hybridized carbons (Fsp3) is 0.417. The van der Waals surface area contributed by atoms with E-state index in [9.17, 15) is 26.8 Å². The molecule has 0 aliphatic rings. The molecule has 0 aliphatic heterocycles. The van der Waals surface area contributed by atoms with Crippen LogP contribution in [0.25, 0.3) is 0 Å². The van der Waals surface area contributed by atoms with Crippen LogP contribution in [0.3, 0.4) is 0 Å². The number of carbonyl (C=O) groups excluding carboxylic acids is 2. The molecule has 2 rings (SSSR count). The van der Waals surface area contributed by atoms with Crippen molar-refractivity contribution in [1.82, 2.24) is 14.5 Å². The van der Waals surface area contributed by atoms with Crippen LogP contribution in [-0.4, -0.2) is 62.2 Å². The number of nitrogens with one attached hydrogen (secondary N) is 1. The van der Waals surface area contributed by atoms with Gasteiger partial charge in [-0.2, -0.15) is 12.7 Å². The van der Waals surface area contributed by atoms with Crippen molar-refractivity contribution < 1.29 is 26.8 Å². The molecule has 0 bridgehead atoms. The molecular formula is C24H32F2N4O4S. The van der Waals surface area contributed by atoms with Crippen molar-refractivity contribution in [2.75, 3.05) is 24.9 Å². The molecular weight excluding hydrogens is 478 g/mol. The van der Waals surface area contributed by atoms with E-state index in [4.69, 9.17) is 0 Å². The molecule has 0 unspecified atom stereocenters. The third-order valence-corrected chi connectivity index (χ3v) is 7.03. The van der Waals surface area contributed by atoms with E-state index in [1.165, 1.54) is 61.5 Å². The average molecular weight is 511 g/mol. The van der Waals surface area contributed by atoms with Crippen LogP contribution >= 0.6 is 0 Å². The molecule has 2 aromatic rings. The summed E-state index contributed by atoms with van der Waals surface area (Å²) in [5.74, 6) is -2.40. The Balaban J connectivity index is 2.51. The van der Waals surface area contributed by atoms with Gasteiger partial charge in [-0.15, -0.1) is 0 Å². The number of hydrogen-bond acceptors (Lipinski definition) is 4. The molecule has 0 radical (unpaired) electrons. The van der Waals surface area contributed by atoms with Crippen molar-refractivity contribution in [2.24, 2.45) is 0 Å². The van der Waals surface area contributed by atoms with Gasteiger partial charge in [-0.3, -0.25) is 9.59 Å². The Bertz CT molecular complexity index is 1120. The van der Waals surface area contributed by atoms with E-state index in [2.05, 4.69) is 5.32 Å². The van der Waals surface area contributed by atoms with Gasteiger partial charge in [0.25, 0.3) is 0 Å². The third-order valence-electron chi connectivity index (χ3n) is 5.22. The Hall–Kier alpha value is -3.05. The van der Waals surface area contributed by atoms with Crippen LogP contribution in [0.15, 0.2) is 48.5 Å². The van der Waals surface area contributed by atoms with E-state index in [0.29, 0.717) is 9.87 Å². The summed E-state index contributed by atoms with van der Waals surface area (Å²) < 4.78 is 55.7. The van der Waals surface area contributed by atoms with Gasteiger partial charge in [0, 0.05) is 26.7 Å². The number of nitrogens with zero attached hydrogens (tertiary/aromatic N) is 3. The maximum absolute atomic E-state index is 14.6. The second-order valence-electron chi connectivity index (χ2n) is 8.48. The summed E-state index contributed by atoms with van der Waals surface area (Å²) in [6.45, 7) is 4.46. The molecule has 0 spiro atoms. The number of rotatable bonds is 11. The van der Waals surface area contributed by atoms with Crippen LogP contribution in [-0.2, 0) is 26.3 Å². The van der Waals surface area contributed by atoms with Gasteiger partial charge in [0.15, 0.2) is 0 Å². The first-order chi connectivity index (χ1) is 16.4. The summed E-state index contributed by atoms with van der Waals surface area (Å²) in [6.07, 6.45) is 0.242. The predicted octanol–water partition coefficient (Wildman–Crippen LogP) is 2.91. The van der Waals surface area contributed by atoms with E-state index >= 15 is 0 Å². The number of carbonyl (C=O) groups is 2. The molecule has 35 heavy (non-hydrogen) atoms. The van der Waals surface area contributed by atoms with Gasteiger partial charge in [-0.05, 0) is 50.1 Å². The Morgan fingerprint density at radius 2 is 1.60 bits per heavy atom. The Morgan fingerprint density at radius 1 is 1.00 bits per heavy atom. The van der Waals surface area contributed by atoms with E-state index in [1.807, 2.05) is 0 Å². The minimum atomic E-state index is -4.26. The molecule has 0 aliphatic carbocycles. The minimum Gasteiger partial charge on any atom is -0.352 e. The van der Waals surface area contributed by atoms with Crippen LogP contribution in [0.1, 0.15) is 32.8 Å². The summed E-state index contributed by atoms with van der Waals surface area (Å²) in [6, 6.07) is 9.53. The highest BCUT2D eigenvalue weighted by Crippen LogP contribution is 2.24. The van der Waals surface area contributed by atoms with Crippen molar-refractivity contribution in [2.45, 2.75) is 45.8 Å². The van der Waals surface area contributed by atoms with Crippen molar-refractivity contribution in [3.63, 3.8) is 0 Å². The number of anilines is 1. The highest BCUT2D eigenvalue weighted by molar-refractivity contribution is 7.90. The molecule has 11 heteroatoms. The quantitative estimate of drug-likeness (QED) is 0.503. The van der Waals surface area contributed by atoms with E-state index < -0.39 is 46.2 Å². The number of para-hydroxylation sites is 1. The molecule has 1 atom stereocenters. The first-order valence-corrected chi connectivity index (χ1v) is 12.6. The number of amides is 2. The summed E-state index contributed by atoms with van der Waals surface area (Å²) in [7, 11) is -1.72. The SMILES string of the molecule is CC[C@H](C(=O)NC(C)C)N(Cc1ccc(F)cc1)C(=O)CN(c1ccccc1F)S(=O)(=O)N(C)C. The van der Waals surface area contributed by atoms with Crippen molar-refractivity contribution >= 4 is 27.7 Å². The number of hydrogen-bond donors (Lipinski definition) is 1. The Morgan fingerprint density at radius 3 is 2.11 bits per heavy atom. The van der Waals surface area contributed by atoms with Crippen LogP contribution in [0.2, 0.25) is 0 Å². The van der Waals surface area contributed by atoms with Crippen LogP contribution < -0.4 is 9.62 Å². The fourth-order valence-corrected chi connectivity index (χ4v) is 4.51. The highest BCUT2D eigenvalue weighted by Gasteiger charge is 2.34. The lowest BCUT2D eigenvalue weighted by Gasteiger charge is -2.34. The Kier molecular flexibility index (Phi) is 9.73. The second kappa shape index (κ2) is 12.1. The van der Waals surface area contributed by atoms with E-state index in [-0.39, 0.29) is 24.7 Å². The number of benzene rings is 2. The molecule has 0 fully saturated rings. The molecule has 0 heterocycles. The van der Waals surface area contributed by atoms with Crippen LogP contribution in [0.4, 0.5) is 14.5 Å². The van der Waals surface area contributed by atoms with E-state index in [0.717, 1.165) is 10.4 Å². The predicted molar refractivity (Wildman–Crippen MR) is 131 cm³/mol. The van der Waals surface area contributed by atoms with Crippen LogP contribution in [0.5, 0.6) is 0 Å². The monoisotopic (exact) mass is 510 g/mol. The van der Waals surface area contributed by atoms with Gasteiger partial charge in [-0.25, -0.2) is 13.1 Å². The lowest BCUT2D eigenvalue weighted by molar-refractivity contribution is -0.140. The zero-order valence-corrected chi connectivity index (χ0v) is 21.4. The second-order valence-corrected chi connectivity index (χ2v) is 10.6. The van der Waals surface area contributed by atoms with Gasteiger partial charge in [0.2, 0.25) is 11.8 Å². The lowest BCUT2D eigenvalue weighted by Crippen LogP contribution is -2.54. The number of halogens is 2. The first-order valence-electron chi connectivity index (χ1n) is 11.2. The molecule has 2 amide bonds. The highest BCUT2D eigenvalue weighted by atomic mass is 32.2. The largest absolute Gasteiger partial charge is 0.352 e. The first kappa shape index (κ1) is 28.2. The van der Waals surface area contributed by atoms with Gasteiger partial charge >= 0.3 is 10.2 Å². The molecule has 0 saturated carbocycles. The lowest BCUT2D eigenvalue weighted by atomic mass is 10.1. The van der Waals surface area contributed by atoms with Crippen LogP contribution in [0, 0.1) is 11.6 Å². The normalized spacial score (nSPS) is 12.5. The Labute approximate surface area is 205 Å². The summed E-state index contributed by atoms with van der Waals surface area (Å²) in [5.41, 5.74) is 0.249. The molecule has 0 saturated heterocycles. The van der Waals surface area contributed by atoms with Crippen molar-refractivity contribution in [1.29, 1.82) is 0 Å². The van der Waals surface area contributed by atoms with Crippen molar-refractivity contribution in [3.8, 4) is 0 Å². The maximum Gasteiger partial charge on any atom is 0.304 e. The van der Waals surface area contributed by atoms with Gasteiger partial charge < -0.3 is 10.2 Å². The van der Waals surface area contributed by atoms with Gasteiger partial charge in [0.05, 0.1) is 5.69 Å². The smallest absolute Gasteiger partial charge is 0.304 e. The van der Waals surface area contributed by atoms with Crippen molar-refractivity contribution in [3.05, 3.63) is 65.7 Å². The maximum atomic E-state index is 14.6. The summed E-state index contributed by atoms with van der Waals surface area (Å²) in [5, 5.41) is 2.77. The fourth-order valence-electron chi connectivity index (χ4n) is 3.44. The molecule has 2 aromatic carbocycles. The van der Waals surface area contributed by atoms with Gasteiger partial charge in [-0.1, -0.05) is 31.2 Å². The average Bonchev–Trinajstić information content (AvgIpc) is 2.78. The summed E-state index contributed by atoms with van der Waals surface area (Å²) in [4.78, 5) is 27.8. The molecule has 1 N–H and O–H groups in total. The minimum absolute atomic E-state index is 0.0732. The topological polar surface area (TPSA) is 90.0 Å². The van der Waals surface area contributed by atoms with Gasteiger partial charge in [0.1, 0.15) is 24.2 Å². The third kappa shape index (κ3) is 7.22. The zero-order chi connectivity index (χ0) is 26.3. The molecule has 192 valence electrons. The summed E-state index contributed by atoms with van der Waals surface area (Å²) >= 11 is 0. The molecule has 8 nitrogen and oxygen atoms in total. The zero-order valence-electron chi connectivity index (χ0n) is 20.5. The standard InChI is InChI=1S/C24H32F2N4O4S/c1-6-21(24(32)27-17(2)3)29(15-18-11-13-19(25)14-12-18)23(31)16-30(35(33,34)28(4)5)22-10-8-7-9-20(22)26/h7-14,17,21H,6,15-16H2,1-5H3,(H,27,32)/t21-/m1/s1. The molecule has 0 aromatic heterocycles. The van der Waals surface area contributed by atoms with E-state index in [1.54, 1.807) is 20.8 Å².